The number of nitrogens with zero attached hydrogens (tertiary/aromatic N) is 2. The van der Waals surface area contributed by atoms with Gasteiger partial charge >= 0.3 is 0 Å². The van der Waals surface area contributed by atoms with Crippen molar-refractivity contribution in [2.45, 2.75) is 44.6 Å². The van der Waals surface area contributed by atoms with Gasteiger partial charge in [-0.1, -0.05) is 23.8 Å². The highest BCUT2D eigenvalue weighted by molar-refractivity contribution is 7.90. The second kappa shape index (κ2) is 9.30. The first-order valence-electron chi connectivity index (χ1n) is 10.0. The van der Waals surface area contributed by atoms with Gasteiger partial charge in [-0.15, -0.1) is 0 Å². The van der Waals surface area contributed by atoms with Gasteiger partial charge < -0.3 is 10.2 Å². The molecule has 3 rings (SSSR count). The Bertz CT molecular complexity index is 1030. The van der Waals surface area contributed by atoms with Crippen LogP contribution in [0.4, 0.5) is 11.4 Å². The molecule has 1 amide bonds. The fourth-order valence-electron chi connectivity index (χ4n) is 3.24. The number of carbonyl (C=O) groups excluding carboxylic acids is 1. The van der Waals surface area contributed by atoms with Gasteiger partial charge in [0.2, 0.25) is 5.91 Å². The number of amides is 1. The van der Waals surface area contributed by atoms with Crippen molar-refractivity contribution >= 4 is 33.1 Å². The molecule has 7 nitrogen and oxygen atoms in total. The summed E-state index contributed by atoms with van der Waals surface area (Å²) in [5.41, 5.74) is 2.55. The van der Waals surface area contributed by atoms with Gasteiger partial charge in [0.15, 0.2) is 0 Å². The molecule has 1 aliphatic heterocycles. The van der Waals surface area contributed by atoms with Gasteiger partial charge in [0.25, 0.3) is 10.0 Å². The summed E-state index contributed by atoms with van der Waals surface area (Å²) in [5, 5.41) is 2.81. The van der Waals surface area contributed by atoms with Crippen LogP contribution in [0.5, 0.6) is 0 Å². The van der Waals surface area contributed by atoms with E-state index in [2.05, 4.69) is 15.0 Å². The third-order valence-corrected chi connectivity index (χ3v) is 6.24. The fourth-order valence-corrected chi connectivity index (χ4v) is 4.38. The van der Waals surface area contributed by atoms with Crippen molar-refractivity contribution in [1.29, 1.82) is 0 Å². The molecule has 0 fully saturated rings. The number of anilines is 2. The summed E-state index contributed by atoms with van der Waals surface area (Å²) >= 11 is 0. The highest BCUT2D eigenvalue weighted by Crippen LogP contribution is 2.19. The summed E-state index contributed by atoms with van der Waals surface area (Å²) in [6.07, 6.45) is 1.47. The molecular formula is C22H28N4O3S. The molecule has 0 radical (unpaired) electrons. The number of carbonyl (C=O) groups is 1. The monoisotopic (exact) mass is 428 g/mol. The molecule has 0 spiro atoms. The van der Waals surface area contributed by atoms with Crippen molar-refractivity contribution < 1.29 is 13.2 Å². The van der Waals surface area contributed by atoms with Crippen molar-refractivity contribution in [2.24, 2.45) is 4.99 Å². The van der Waals surface area contributed by atoms with E-state index in [1.165, 1.54) is 12.1 Å². The Labute approximate surface area is 178 Å². The number of sulfonamides is 1. The molecule has 0 aromatic heterocycles. The highest BCUT2D eigenvalue weighted by Gasteiger charge is 2.19. The lowest BCUT2D eigenvalue weighted by Gasteiger charge is -2.28. The van der Waals surface area contributed by atoms with E-state index in [9.17, 15) is 13.2 Å². The minimum absolute atomic E-state index is 0.0918. The number of aryl methyl sites for hydroxylation is 1. The first-order valence-corrected chi connectivity index (χ1v) is 11.5. The standard InChI is InChI=1S/C22H28N4O3S/c1-16(2)26(19-11-9-17(3)10-12-19)15-22(27)24-18-6-4-7-20(14-18)30(28,29)25-21-8-5-13-23-21/h4,6-7,9-12,14,16H,5,8,13,15H2,1-3H3,(H,23,25)(H,24,27). The van der Waals surface area contributed by atoms with E-state index >= 15 is 0 Å². The van der Waals surface area contributed by atoms with E-state index in [0.717, 1.165) is 17.7 Å². The normalized spacial score (nSPS) is 13.8. The Morgan fingerprint density at radius 3 is 2.53 bits per heavy atom. The number of hydrogen-bond donors (Lipinski definition) is 2. The second-order valence-corrected chi connectivity index (χ2v) is 9.35. The molecule has 2 aromatic rings. The predicted octanol–water partition coefficient (Wildman–Crippen LogP) is 3.32. The Balaban J connectivity index is 1.70. The number of hydrogen-bond acceptors (Lipinski definition) is 5. The molecule has 1 heterocycles. The zero-order valence-electron chi connectivity index (χ0n) is 17.6. The average Bonchev–Trinajstić information content (AvgIpc) is 3.19. The summed E-state index contributed by atoms with van der Waals surface area (Å²) in [5.74, 6) is 0.266. The molecule has 0 saturated heterocycles. The van der Waals surface area contributed by atoms with Crippen LogP contribution in [0.1, 0.15) is 32.3 Å². The Kier molecular flexibility index (Phi) is 6.77. The SMILES string of the molecule is Cc1ccc(N(CC(=O)Nc2cccc(S(=O)(=O)NC3=NCCC3)c2)C(C)C)cc1. The number of amidine groups is 1. The van der Waals surface area contributed by atoms with Crippen LogP contribution in [0.25, 0.3) is 0 Å². The van der Waals surface area contributed by atoms with Crippen molar-refractivity contribution in [2.75, 3.05) is 23.3 Å². The Morgan fingerprint density at radius 1 is 1.17 bits per heavy atom. The summed E-state index contributed by atoms with van der Waals surface area (Å²) in [4.78, 5) is 18.9. The van der Waals surface area contributed by atoms with E-state index in [1.54, 1.807) is 12.1 Å². The third kappa shape index (κ3) is 5.60. The van der Waals surface area contributed by atoms with E-state index in [1.807, 2.05) is 49.9 Å². The number of rotatable bonds is 7. The van der Waals surface area contributed by atoms with Gasteiger partial charge in [-0.2, -0.15) is 0 Å². The molecule has 0 bridgehead atoms. The van der Waals surface area contributed by atoms with E-state index in [-0.39, 0.29) is 23.4 Å². The van der Waals surface area contributed by atoms with Crippen molar-refractivity contribution in [3.8, 4) is 0 Å². The van der Waals surface area contributed by atoms with Crippen LogP contribution in [0.15, 0.2) is 58.4 Å². The van der Waals surface area contributed by atoms with Crippen molar-refractivity contribution in [3.05, 3.63) is 54.1 Å². The molecule has 0 aliphatic carbocycles. The van der Waals surface area contributed by atoms with Crippen LogP contribution < -0.4 is 14.9 Å². The van der Waals surface area contributed by atoms with Gasteiger partial charge in [0, 0.05) is 30.4 Å². The number of benzene rings is 2. The molecule has 2 aromatic carbocycles. The van der Waals surface area contributed by atoms with Crippen LogP contribution >= 0.6 is 0 Å². The first-order chi connectivity index (χ1) is 14.2. The van der Waals surface area contributed by atoms with E-state index in [0.29, 0.717) is 24.5 Å². The molecule has 160 valence electrons. The maximum Gasteiger partial charge on any atom is 0.262 e. The molecule has 0 saturated carbocycles. The quantitative estimate of drug-likeness (QED) is 0.708. The minimum atomic E-state index is -3.73. The maximum absolute atomic E-state index is 12.7. The Hall–Kier alpha value is -2.87. The third-order valence-electron chi connectivity index (χ3n) is 4.86. The van der Waals surface area contributed by atoms with Gasteiger partial charge in [-0.25, -0.2) is 8.42 Å². The Morgan fingerprint density at radius 2 is 1.90 bits per heavy atom. The van der Waals surface area contributed by atoms with Crippen LogP contribution in [0.3, 0.4) is 0 Å². The van der Waals surface area contributed by atoms with Gasteiger partial charge in [0.1, 0.15) is 5.84 Å². The summed E-state index contributed by atoms with van der Waals surface area (Å²) in [6.45, 7) is 6.87. The smallest absolute Gasteiger partial charge is 0.262 e. The van der Waals surface area contributed by atoms with Crippen LogP contribution in [-0.4, -0.2) is 39.3 Å². The van der Waals surface area contributed by atoms with Crippen molar-refractivity contribution in [3.63, 3.8) is 0 Å². The molecule has 0 atom stereocenters. The molecule has 1 aliphatic rings. The first kappa shape index (κ1) is 21.8. The van der Waals surface area contributed by atoms with Crippen LogP contribution in [0, 0.1) is 6.92 Å². The maximum atomic E-state index is 12.7. The second-order valence-electron chi connectivity index (χ2n) is 7.67. The van der Waals surface area contributed by atoms with Crippen LogP contribution in [0.2, 0.25) is 0 Å². The highest BCUT2D eigenvalue weighted by atomic mass is 32.2. The lowest BCUT2D eigenvalue weighted by molar-refractivity contribution is -0.115. The van der Waals surface area contributed by atoms with Gasteiger partial charge in [0.05, 0.1) is 11.4 Å². The zero-order chi connectivity index (χ0) is 21.7. The molecule has 0 unspecified atom stereocenters. The topological polar surface area (TPSA) is 90.9 Å². The number of aliphatic imine (C=N–C) groups is 1. The average molecular weight is 429 g/mol. The van der Waals surface area contributed by atoms with Crippen LogP contribution in [-0.2, 0) is 14.8 Å². The molecule has 30 heavy (non-hydrogen) atoms. The van der Waals surface area contributed by atoms with Gasteiger partial charge in [-0.3, -0.25) is 14.5 Å². The van der Waals surface area contributed by atoms with E-state index in [4.69, 9.17) is 0 Å². The summed E-state index contributed by atoms with van der Waals surface area (Å²) in [6, 6.07) is 14.4. The van der Waals surface area contributed by atoms with Gasteiger partial charge in [-0.05, 0) is 57.5 Å². The molecule has 8 heteroatoms. The fraction of sp³-hybridized carbons (Fsp3) is 0.364. The lowest BCUT2D eigenvalue weighted by atomic mass is 10.2. The minimum Gasteiger partial charge on any atom is -0.360 e. The number of nitrogens with one attached hydrogen (secondary N) is 2. The van der Waals surface area contributed by atoms with E-state index < -0.39 is 10.0 Å². The summed E-state index contributed by atoms with van der Waals surface area (Å²) in [7, 11) is -3.73. The largest absolute Gasteiger partial charge is 0.360 e. The lowest BCUT2D eigenvalue weighted by Crippen LogP contribution is -2.38. The van der Waals surface area contributed by atoms with Crippen molar-refractivity contribution in [1.82, 2.24) is 4.72 Å². The molecular weight excluding hydrogens is 400 g/mol. The summed E-state index contributed by atoms with van der Waals surface area (Å²) < 4.78 is 27.7. The predicted molar refractivity (Wildman–Crippen MR) is 121 cm³/mol. The zero-order valence-corrected chi connectivity index (χ0v) is 18.4. The molecule has 2 N–H and O–H groups in total.